The van der Waals surface area contributed by atoms with Crippen LogP contribution in [-0.4, -0.2) is 18.2 Å². The summed E-state index contributed by atoms with van der Waals surface area (Å²) >= 11 is 5.83. The molecule has 0 saturated heterocycles. The minimum absolute atomic E-state index is 0.102. The maximum absolute atomic E-state index is 11.0. The lowest BCUT2D eigenvalue weighted by Crippen LogP contribution is -1.97. The summed E-state index contributed by atoms with van der Waals surface area (Å²) in [6, 6.07) is 12.3. The fourth-order valence-electron chi connectivity index (χ4n) is 1.65. The van der Waals surface area contributed by atoms with Crippen molar-refractivity contribution in [2.45, 2.75) is 0 Å². The lowest BCUT2D eigenvalue weighted by atomic mass is 10.0. The van der Waals surface area contributed by atoms with Crippen LogP contribution in [0.15, 0.2) is 42.5 Å². The SMILES string of the molecule is COc1ccc(-c2ccc(Cl)c(C(=O)O)c2)cc1. The summed E-state index contributed by atoms with van der Waals surface area (Å²) in [7, 11) is 1.60. The van der Waals surface area contributed by atoms with Gasteiger partial charge in [0.2, 0.25) is 0 Å². The number of hydrogen-bond acceptors (Lipinski definition) is 2. The molecule has 0 spiro atoms. The lowest BCUT2D eigenvalue weighted by molar-refractivity contribution is 0.0697. The zero-order valence-corrected chi connectivity index (χ0v) is 10.4. The molecule has 18 heavy (non-hydrogen) atoms. The van der Waals surface area contributed by atoms with Gasteiger partial charge < -0.3 is 9.84 Å². The van der Waals surface area contributed by atoms with Crippen LogP contribution < -0.4 is 4.74 Å². The normalized spacial score (nSPS) is 10.1. The molecule has 0 saturated carbocycles. The highest BCUT2D eigenvalue weighted by molar-refractivity contribution is 6.33. The van der Waals surface area contributed by atoms with E-state index in [1.807, 2.05) is 24.3 Å². The number of carboxylic acid groups (broad SMARTS) is 1. The first kappa shape index (κ1) is 12.5. The Morgan fingerprint density at radius 1 is 1.11 bits per heavy atom. The standard InChI is InChI=1S/C14H11ClO3/c1-18-11-5-2-9(3-6-11)10-4-7-13(15)12(8-10)14(16)17/h2-8H,1H3,(H,16,17). The Morgan fingerprint density at radius 3 is 2.28 bits per heavy atom. The average Bonchev–Trinajstić information content (AvgIpc) is 2.39. The highest BCUT2D eigenvalue weighted by Crippen LogP contribution is 2.26. The van der Waals surface area contributed by atoms with Crippen molar-refractivity contribution in [2.75, 3.05) is 7.11 Å². The monoisotopic (exact) mass is 262 g/mol. The maximum Gasteiger partial charge on any atom is 0.337 e. The van der Waals surface area contributed by atoms with Crippen LogP contribution in [0.3, 0.4) is 0 Å². The minimum Gasteiger partial charge on any atom is -0.497 e. The van der Waals surface area contributed by atoms with Gasteiger partial charge in [-0.2, -0.15) is 0 Å². The van der Waals surface area contributed by atoms with Crippen molar-refractivity contribution in [3.8, 4) is 16.9 Å². The van der Waals surface area contributed by atoms with Gasteiger partial charge in [-0.1, -0.05) is 29.8 Å². The minimum atomic E-state index is -1.03. The molecule has 0 fully saturated rings. The molecule has 2 aromatic carbocycles. The number of carboxylic acids is 1. The summed E-state index contributed by atoms with van der Waals surface area (Å²) in [6.45, 7) is 0. The first-order valence-corrected chi connectivity index (χ1v) is 5.67. The van der Waals surface area contributed by atoms with Gasteiger partial charge in [0.25, 0.3) is 0 Å². The largest absolute Gasteiger partial charge is 0.497 e. The Hall–Kier alpha value is -2.00. The Bertz CT molecular complexity index is 576. The number of halogens is 1. The summed E-state index contributed by atoms with van der Waals surface area (Å²) in [5.41, 5.74) is 1.82. The number of benzene rings is 2. The lowest BCUT2D eigenvalue weighted by Gasteiger charge is -2.06. The van der Waals surface area contributed by atoms with Crippen LogP contribution in [0.5, 0.6) is 5.75 Å². The number of carbonyl (C=O) groups is 1. The third-order valence-corrected chi connectivity index (χ3v) is 2.95. The molecule has 0 amide bonds. The Balaban J connectivity index is 2.44. The predicted molar refractivity (Wildman–Crippen MR) is 70.4 cm³/mol. The van der Waals surface area contributed by atoms with Crippen molar-refractivity contribution in [1.82, 2.24) is 0 Å². The molecule has 4 heteroatoms. The van der Waals surface area contributed by atoms with Crippen LogP contribution in [0.2, 0.25) is 5.02 Å². The van der Waals surface area contributed by atoms with Gasteiger partial charge in [-0.25, -0.2) is 4.79 Å². The zero-order valence-electron chi connectivity index (χ0n) is 9.68. The van der Waals surface area contributed by atoms with E-state index in [0.717, 1.165) is 16.9 Å². The molecule has 92 valence electrons. The summed E-state index contributed by atoms with van der Waals surface area (Å²) < 4.78 is 5.07. The fraction of sp³-hybridized carbons (Fsp3) is 0.0714. The number of methoxy groups -OCH3 is 1. The molecule has 0 bridgehead atoms. The van der Waals surface area contributed by atoms with Crippen molar-refractivity contribution in [3.63, 3.8) is 0 Å². The van der Waals surface area contributed by atoms with Crippen LogP contribution in [0.4, 0.5) is 0 Å². The van der Waals surface area contributed by atoms with E-state index in [2.05, 4.69) is 0 Å². The molecular formula is C14H11ClO3. The van der Waals surface area contributed by atoms with Crippen molar-refractivity contribution >= 4 is 17.6 Å². The molecule has 0 unspecified atom stereocenters. The van der Waals surface area contributed by atoms with Crippen LogP contribution in [0.1, 0.15) is 10.4 Å². The molecular weight excluding hydrogens is 252 g/mol. The zero-order chi connectivity index (χ0) is 13.1. The van der Waals surface area contributed by atoms with Crippen molar-refractivity contribution < 1.29 is 14.6 Å². The van der Waals surface area contributed by atoms with Gasteiger partial charge in [-0.15, -0.1) is 0 Å². The fourth-order valence-corrected chi connectivity index (χ4v) is 1.85. The second-order valence-electron chi connectivity index (χ2n) is 3.73. The second kappa shape index (κ2) is 5.10. The summed E-state index contributed by atoms with van der Waals surface area (Å²) in [5.74, 6) is -0.276. The summed E-state index contributed by atoms with van der Waals surface area (Å²) in [5, 5.41) is 9.25. The van der Waals surface area contributed by atoms with E-state index in [-0.39, 0.29) is 10.6 Å². The van der Waals surface area contributed by atoms with Crippen molar-refractivity contribution in [2.24, 2.45) is 0 Å². The third kappa shape index (κ3) is 2.46. The molecule has 0 radical (unpaired) electrons. The van der Waals surface area contributed by atoms with Gasteiger partial charge in [0.15, 0.2) is 0 Å². The molecule has 0 aliphatic carbocycles. The first-order valence-electron chi connectivity index (χ1n) is 5.29. The molecule has 0 aliphatic rings. The Labute approximate surface area is 110 Å². The van der Waals surface area contributed by atoms with Gasteiger partial charge in [0.05, 0.1) is 17.7 Å². The van der Waals surface area contributed by atoms with E-state index in [1.54, 1.807) is 25.3 Å². The highest BCUT2D eigenvalue weighted by atomic mass is 35.5. The van der Waals surface area contributed by atoms with E-state index in [9.17, 15) is 4.79 Å². The molecule has 0 atom stereocenters. The number of rotatable bonds is 3. The summed E-state index contributed by atoms with van der Waals surface area (Å²) in [4.78, 5) is 11.0. The third-order valence-electron chi connectivity index (χ3n) is 2.62. The smallest absolute Gasteiger partial charge is 0.337 e. The van der Waals surface area contributed by atoms with Gasteiger partial charge in [-0.05, 0) is 35.4 Å². The van der Waals surface area contributed by atoms with Gasteiger partial charge in [0, 0.05) is 0 Å². The molecule has 0 aromatic heterocycles. The number of aromatic carboxylic acids is 1. The van der Waals surface area contributed by atoms with E-state index < -0.39 is 5.97 Å². The maximum atomic E-state index is 11.0. The first-order chi connectivity index (χ1) is 8.61. The van der Waals surface area contributed by atoms with E-state index in [4.69, 9.17) is 21.4 Å². The number of hydrogen-bond donors (Lipinski definition) is 1. The molecule has 0 aliphatic heterocycles. The molecule has 2 rings (SSSR count). The van der Waals surface area contributed by atoms with Crippen molar-refractivity contribution in [1.29, 1.82) is 0 Å². The molecule has 0 heterocycles. The van der Waals surface area contributed by atoms with E-state index >= 15 is 0 Å². The molecule has 1 N–H and O–H groups in total. The predicted octanol–water partition coefficient (Wildman–Crippen LogP) is 3.71. The second-order valence-corrected chi connectivity index (χ2v) is 4.14. The Morgan fingerprint density at radius 2 is 1.72 bits per heavy atom. The van der Waals surface area contributed by atoms with E-state index in [1.165, 1.54) is 0 Å². The van der Waals surface area contributed by atoms with Crippen LogP contribution in [-0.2, 0) is 0 Å². The van der Waals surface area contributed by atoms with Crippen molar-refractivity contribution in [3.05, 3.63) is 53.1 Å². The Kier molecular flexibility index (Phi) is 3.53. The topological polar surface area (TPSA) is 46.5 Å². The van der Waals surface area contributed by atoms with E-state index in [0.29, 0.717) is 0 Å². The number of ether oxygens (including phenoxy) is 1. The average molecular weight is 263 g/mol. The van der Waals surface area contributed by atoms with Gasteiger partial charge >= 0.3 is 5.97 Å². The van der Waals surface area contributed by atoms with Gasteiger partial charge in [-0.3, -0.25) is 0 Å². The molecule has 3 nitrogen and oxygen atoms in total. The van der Waals surface area contributed by atoms with Crippen LogP contribution in [0, 0.1) is 0 Å². The van der Waals surface area contributed by atoms with Crippen LogP contribution in [0.25, 0.3) is 11.1 Å². The van der Waals surface area contributed by atoms with Gasteiger partial charge in [0.1, 0.15) is 5.75 Å². The highest BCUT2D eigenvalue weighted by Gasteiger charge is 2.10. The molecule has 2 aromatic rings. The summed E-state index contributed by atoms with van der Waals surface area (Å²) in [6.07, 6.45) is 0. The quantitative estimate of drug-likeness (QED) is 0.917. The van der Waals surface area contributed by atoms with Crippen LogP contribution >= 0.6 is 11.6 Å².